The molecular weight excluding hydrogens is 226 g/mol. The fraction of sp³-hybridized carbons (Fsp3) is 0. The van der Waals surface area contributed by atoms with Crippen LogP contribution in [0, 0.1) is 0 Å². The lowest BCUT2D eigenvalue weighted by Gasteiger charge is -1.99. The van der Waals surface area contributed by atoms with Crippen molar-refractivity contribution in [2.75, 3.05) is 0 Å². The van der Waals surface area contributed by atoms with E-state index >= 15 is 0 Å². The van der Waals surface area contributed by atoms with E-state index in [0.29, 0.717) is 0 Å². The van der Waals surface area contributed by atoms with Crippen molar-refractivity contribution in [3.63, 3.8) is 0 Å². The molecule has 3 rings (SSSR count). The van der Waals surface area contributed by atoms with Crippen LogP contribution < -0.4 is 4.68 Å². The molecule has 0 saturated heterocycles. The third kappa shape index (κ3) is 2.06. The van der Waals surface area contributed by atoms with Crippen molar-refractivity contribution >= 4 is 0 Å². The van der Waals surface area contributed by atoms with Crippen molar-refractivity contribution in [1.82, 2.24) is 20.1 Å². The lowest BCUT2D eigenvalue weighted by atomic mass is 10.1. The van der Waals surface area contributed by atoms with Crippen LogP contribution >= 0.6 is 0 Å². The van der Waals surface area contributed by atoms with Crippen LogP contribution in [-0.4, -0.2) is 20.1 Å². The fourth-order valence-electron chi connectivity index (χ4n) is 1.62. The van der Waals surface area contributed by atoms with Gasteiger partial charge in [-0.1, -0.05) is 11.2 Å². The molecule has 3 aromatic rings. The Balaban J connectivity index is 1.95. The first-order valence-electron chi connectivity index (χ1n) is 5.48. The molecule has 0 unspecified atom stereocenters. The molecule has 5 heteroatoms. The van der Waals surface area contributed by atoms with Gasteiger partial charge in [0.25, 0.3) is 0 Å². The van der Waals surface area contributed by atoms with Crippen molar-refractivity contribution in [3.8, 4) is 16.9 Å². The molecule has 0 aromatic carbocycles. The van der Waals surface area contributed by atoms with E-state index in [9.17, 15) is 0 Å². The molecule has 0 aliphatic carbocycles. The van der Waals surface area contributed by atoms with Crippen LogP contribution in [0.25, 0.3) is 16.9 Å². The molecule has 0 radical (unpaired) electrons. The Morgan fingerprint density at radius 3 is 2.50 bits per heavy atom. The van der Waals surface area contributed by atoms with E-state index in [1.54, 1.807) is 29.3 Å². The molecular formula is C13H10N5+. The number of hydrogen-bond acceptors (Lipinski definition) is 4. The molecule has 0 spiro atoms. The Morgan fingerprint density at radius 1 is 0.889 bits per heavy atom. The molecule has 0 aliphatic rings. The second-order valence-electron chi connectivity index (χ2n) is 3.67. The summed E-state index contributed by atoms with van der Waals surface area (Å²) < 4.78 is 1.70. The minimum absolute atomic E-state index is 0.739. The standard InChI is InChI=1S/C13H10N5/c1-2-11(8-14-5-1)12-4-7-18(17-9-12)13-3-6-15-10-16-13/h1-10H/q+1. The summed E-state index contributed by atoms with van der Waals surface area (Å²) in [5.74, 6) is 0.739. The minimum atomic E-state index is 0.739. The zero-order valence-corrected chi connectivity index (χ0v) is 9.51. The Morgan fingerprint density at radius 2 is 1.83 bits per heavy atom. The summed E-state index contributed by atoms with van der Waals surface area (Å²) in [6.45, 7) is 0. The Labute approximate surface area is 104 Å². The van der Waals surface area contributed by atoms with Gasteiger partial charge in [0.2, 0.25) is 6.33 Å². The first-order valence-corrected chi connectivity index (χ1v) is 5.48. The monoisotopic (exact) mass is 236 g/mol. The normalized spacial score (nSPS) is 10.2. The third-order valence-corrected chi connectivity index (χ3v) is 2.51. The van der Waals surface area contributed by atoms with Crippen LogP contribution in [-0.2, 0) is 0 Å². The summed E-state index contributed by atoms with van der Waals surface area (Å²) in [6, 6.07) is 7.68. The second kappa shape index (κ2) is 4.67. The summed E-state index contributed by atoms with van der Waals surface area (Å²) in [5, 5.41) is 4.32. The first-order chi connectivity index (χ1) is 8.93. The molecule has 3 heterocycles. The van der Waals surface area contributed by atoms with E-state index in [1.807, 2.05) is 30.6 Å². The number of aromatic nitrogens is 5. The average Bonchev–Trinajstić information content (AvgIpc) is 2.49. The highest BCUT2D eigenvalue weighted by Gasteiger charge is 2.07. The predicted octanol–water partition coefficient (Wildman–Crippen LogP) is 1.21. The minimum Gasteiger partial charge on any atom is -0.264 e. The maximum Gasteiger partial charge on any atom is 0.351 e. The van der Waals surface area contributed by atoms with Crippen LogP contribution in [0.4, 0.5) is 0 Å². The SMILES string of the molecule is c1cncc(-c2cc[n+](-c3ccncn3)nc2)c1. The number of pyridine rings is 1. The smallest absolute Gasteiger partial charge is 0.264 e. The molecule has 0 saturated carbocycles. The molecule has 0 fully saturated rings. The van der Waals surface area contributed by atoms with Crippen LogP contribution in [0.5, 0.6) is 0 Å². The van der Waals surface area contributed by atoms with Gasteiger partial charge in [-0.2, -0.15) is 0 Å². The van der Waals surface area contributed by atoms with Crippen molar-refractivity contribution in [2.24, 2.45) is 0 Å². The van der Waals surface area contributed by atoms with Gasteiger partial charge in [-0.15, -0.1) is 4.68 Å². The second-order valence-corrected chi connectivity index (χ2v) is 3.67. The number of rotatable bonds is 2. The Kier molecular flexibility index (Phi) is 2.71. The van der Waals surface area contributed by atoms with Crippen LogP contribution in [0.15, 0.2) is 61.6 Å². The molecule has 0 amide bonds. The maximum atomic E-state index is 4.32. The lowest BCUT2D eigenvalue weighted by molar-refractivity contribution is -0.663. The molecule has 86 valence electrons. The van der Waals surface area contributed by atoms with E-state index < -0.39 is 0 Å². The van der Waals surface area contributed by atoms with E-state index in [0.717, 1.165) is 16.9 Å². The highest BCUT2D eigenvalue weighted by molar-refractivity contribution is 5.59. The number of nitrogens with zero attached hydrogens (tertiary/aromatic N) is 5. The molecule has 0 bridgehead atoms. The third-order valence-electron chi connectivity index (χ3n) is 2.51. The summed E-state index contributed by atoms with van der Waals surface area (Å²) in [4.78, 5) is 12.1. The van der Waals surface area contributed by atoms with Gasteiger partial charge in [0, 0.05) is 29.7 Å². The average molecular weight is 236 g/mol. The first kappa shape index (κ1) is 10.5. The van der Waals surface area contributed by atoms with Gasteiger partial charge in [-0.3, -0.25) is 4.98 Å². The summed E-state index contributed by atoms with van der Waals surface area (Å²) >= 11 is 0. The van der Waals surface area contributed by atoms with Gasteiger partial charge >= 0.3 is 5.82 Å². The molecule has 5 nitrogen and oxygen atoms in total. The fourth-order valence-corrected chi connectivity index (χ4v) is 1.62. The van der Waals surface area contributed by atoms with Gasteiger partial charge < -0.3 is 0 Å². The van der Waals surface area contributed by atoms with Gasteiger partial charge in [-0.05, 0) is 17.1 Å². The van der Waals surface area contributed by atoms with E-state index in [2.05, 4.69) is 20.1 Å². The van der Waals surface area contributed by atoms with E-state index in [1.165, 1.54) is 6.33 Å². The summed E-state index contributed by atoms with van der Waals surface area (Å²) in [7, 11) is 0. The van der Waals surface area contributed by atoms with Gasteiger partial charge in [-0.25, -0.2) is 4.98 Å². The van der Waals surface area contributed by atoms with Crippen molar-refractivity contribution in [1.29, 1.82) is 0 Å². The predicted molar refractivity (Wildman–Crippen MR) is 64.6 cm³/mol. The molecule has 0 N–H and O–H groups in total. The topological polar surface area (TPSA) is 55.4 Å². The van der Waals surface area contributed by atoms with Crippen LogP contribution in [0.3, 0.4) is 0 Å². The largest absolute Gasteiger partial charge is 0.351 e. The summed E-state index contributed by atoms with van der Waals surface area (Å²) in [6.07, 6.45) is 10.4. The van der Waals surface area contributed by atoms with E-state index in [-0.39, 0.29) is 0 Å². The van der Waals surface area contributed by atoms with Crippen molar-refractivity contribution < 1.29 is 4.68 Å². The molecule has 3 aromatic heterocycles. The highest BCUT2D eigenvalue weighted by Crippen LogP contribution is 2.14. The molecule has 0 aliphatic heterocycles. The quantitative estimate of drug-likeness (QED) is 0.627. The zero-order valence-electron chi connectivity index (χ0n) is 9.51. The maximum absolute atomic E-state index is 4.32. The highest BCUT2D eigenvalue weighted by atomic mass is 15.3. The summed E-state index contributed by atoms with van der Waals surface area (Å²) in [5.41, 5.74) is 2.06. The van der Waals surface area contributed by atoms with Crippen molar-refractivity contribution in [2.45, 2.75) is 0 Å². The Hall–Kier alpha value is -2.69. The van der Waals surface area contributed by atoms with Crippen LogP contribution in [0.1, 0.15) is 0 Å². The molecule has 0 atom stereocenters. The molecule has 18 heavy (non-hydrogen) atoms. The number of hydrogen-bond donors (Lipinski definition) is 0. The van der Waals surface area contributed by atoms with Gasteiger partial charge in [0.05, 0.1) is 12.3 Å². The van der Waals surface area contributed by atoms with Gasteiger partial charge in [0.15, 0.2) is 0 Å². The lowest BCUT2D eigenvalue weighted by Crippen LogP contribution is -2.35. The van der Waals surface area contributed by atoms with Crippen LogP contribution in [0.2, 0.25) is 0 Å². The zero-order chi connectivity index (χ0) is 12.2. The van der Waals surface area contributed by atoms with Gasteiger partial charge in [0.1, 0.15) is 6.20 Å². The Bertz CT molecular complexity index is 564. The van der Waals surface area contributed by atoms with E-state index in [4.69, 9.17) is 0 Å². The van der Waals surface area contributed by atoms with Crippen molar-refractivity contribution in [3.05, 3.63) is 61.6 Å².